The normalized spacial score (nSPS) is 16.9. The molecule has 1 saturated heterocycles. The van der Waals surface area contributed by atoms with E-state index >= 15 is 0 Å². The number of rotatable bonds is 7. The first-order valence-electron chi connectivity index (χ1n) is 10.4. The second kappa shape index (κ2) is 9.62. The molecule has 0 unspecified atom stereocenters. The summed E-state index contributed by atoms with van der Waals surface area (Å²) in [5, 5.41) is 2.99. The van der Waals surface area contributed by atoms with Crippen molar-refractivity contribution in [2.75, 3.05) is 31.3 Å². The Balaban J connectivity index is 1.74. The first-order valence-corrected chi connectivity index (χ1v) is 12.3. The van der Waals surface area contributed by atoms with Crippen LogP contribution in [0.3, 0.4) is 0 Å². The summed E-state index contributed by atoms with van der Waals surface area (Å²) in [6, 6.07) is 16.1. The summed E-state index contributed by atoms with van der Waals surface area (Å²) in [5.41, 5.74) is 2.82. The van der Waals surface area contributed by atoms with Gasteiger partial charge in [-0.15, -0.1) is 0 Å². The molecule has 1 aliphatic heterocycles. The van der Waals surface area contributed by atoms with Gasteiger partial charge in [0.2, 0.25) is 15.9 Å². The van der Waals surface area contributed by atoms with Gasteiger partial charge in [0, 0.05) is 25.8 Å². The van der Waals surface area contributed by atoms with Crippen LogP contribution in [0.15, 0.2) is 54.6 Å². The molecule has 2 aromatic rings. The molecule has 0 spiro atoms. The van der Waals surface area contributed by atoms with Crippen LogP contribution in [0, 0.1) is 0 Å². The highest BCUT2D eigenvalue weighted by Gasteiger charge is 2.31. The zero-order valence-electron chi connectivity index (χ0n) is 17.9. The van der Waals surface area contributed by atoms with Gasteiger partial charge < -0.3 is 10.2 Å². The SMILES string of the molecule is C[C@@H](NC(=O)[C@H](c1ccccc1)N(C)S(C)(=O)=O)c1ccc(N2CCCCC2)cc1. The first-order chi connectivity index (χ1) is 14.3. The molecule has 162 valence electrons. The minimum absolute atomic E-state index is 0.243. The number of carbonyl (C=O) groups excluding carboxylic acids is 1. The molecule has 3 rings (SSSR count). The Morgan fingerprint density at radius 1 is 0.967 bits per heavy atom. The van der Waals surface area contributed by atoms with Crippen LogP contribution >= 0.6 is 0 Å². The van der Waals surface area contributed by atoms with E-state index in [2.05, 4.69) is 22.3 Å². The van der Waals surface area contributed by atoms with Crippen LogP contribution in [-0.4, -0.2) is 45.0 Å². The lowest BCUT2D eigenvalue weighted by Crippen LogP contribution is -2.42. The van der Waals surface area contributed by atoms with Crippen molar-refractivity contribution < 1.29 is 13.2 Å². The Bertz CT molecular complexity index is 939. The fraction of sp³-hybridized carbons (Fsp3) is 0.435. The number of hydrogen-bond acceptors (Lipinski definition) is 4. The molecule has 2 atom stereocenters. The summed E-state index contributed by atoms with van der Waals surface area (Å²) in [6.07, 6.45) is 4.85. The predicted molar refractivity (Wildman–Crippen MR) is 121 cm³/mol. The predicted octanol–water partition coefficient (Wildman–Crippen LogP) is 3.49. The van der Waals surface area contributed by atoms with Crippen LogP contribution in [0.5, 0.6) is 0 Å². The molecule has 0 radical (unpaired) electrons. The molecular formula is C23H31N3O3S. The highest BCUT2D eigenvalue weighted by atomic mass is 32.2. The van der Waals surface area contributed by atoms with Crippen LogP contribution in [0.4, 0.5) is 5.69 Å². The van der Waals surface area contributed by atoms with Gasteiger partial charge in [-0.1, -0.05) is 42.5 Å². The molecular weight excluding hydrogens is 398 g/mol. The molecule has 1 heterocycles. The third-order valence-corrected chi connectivity index (χ3v) is 6.98. The highest BCUT2D eigenvalue weighted by Crippen LogP contribution is 2.25. The summed E-state index contributed by atoms with van der Waals surface area (Å²) in [4.78, 5) is 15.5. The Morgan fingerprint density at radius 3 is 2.13 bits per heavy atom. The lowest BCUT2D eigenvalue weighted by atomic mass is 10.0. The number of hydrogen-bond donors (Lipinski definition) is 1. The minimum Gasteiger partial charge on any atom is -0.372 e. The van der Waals surface area contributed by atoms with Crippen LogP contribution in [0.25, 0.3) is 0 Å². The maximum Gasteiger partial charge on any atom is 0.243 e. The molecule has 2 aromatic carbocycles. The van der Waals surface area contributed by atoms with E-state index in [1.807, 2.05) is 25.1 Å². The minimum atomic E-state index is -3.55. The maximum atomic E-state index is 13.1. The number of benzene rings is 2. The summed E-state index contributed by atoms with van der Waals surface area (Å²) < 4.78 is 25.4. The van der Waals surface area contributed by atoms with E-state index in [-0.39, 0.29) is 11.9 Å². The van der Waals surface area contributed by atoms with Crippen molar-refractivity contribution in [1.82, 2.24) is 9.62 Å². The number of nitrogens with zero attached hydrogens (tertiary/aromatic N) is 2. The van der Waals surface area contributed by atoms with E-state index in [4.69, 9.17) is 0 Å². The van der Waals surface area contributed by atoms with Crippen molar-refractivity contribution in [3.8, 4) is 0 Å². The molecule has 7 heteroatoms. The van der Waals surface area contributed by atoms with Crippen LogP contribution in [-0.2, 0) is 14.8 Å². The van der Waals surface area contributed by atoms with Gasteiger partial charge in [0.15, 0.2) is 0 Å². The van der Waals surface area contributed by atoms with Crippen LogP contribution < -0.4 is 10.2 Å². The second-order valence-electron chi connectivity index (χ2n) is 7.96. The van der Waals surface area contributed by atoms with Gasteiger partial charge in [-0.2, -0.15) is 4.31 Å². The van der Waals surface area contributed by atoms with E-state index < -0.39 is 16.1 Å². The zero-order chi connectivity index (χ0) is 21.7. The standard InChI is InChI=1S/C23H31N3O3S/c1-18(19-12-14-21(15-13-19)26-16-8-5-9-17-26)24-23(27)22(25(2)30(3,28)29)20-10-6-4-7-11-20/h4,6-7,10-15,18,22H,5,8-9,16-17H2,1-3H3,(H,24,27)/t18-,22+/m1/s1. The summed E-state index contributed by atoms with van der Waals surface area (Å²) in [7, 11) is -2.11. The number of sulfonamides is 1. The van der Waals surface area contributed by atoms with E-state index in [1.54, 1.807) is 24.3 Å². The summed E-state index contributed by atoms with van der Waals surface area (Å²) in [6.45, 7) is 4.08. The molecule has 30 heavy (non-hydrogen) atoms. The monoisotopic (exact) mass is 429 g/mol. The smallest absolute Gasteiger partial charge is 0.243 e. The van der Waals surface area contributed by atoms with E-state index in [9.17, 15) is 13.2 Å². The van der Waals surface area contributed by atoms with Gasteiger partial charge in [-0.25, -0.2) is 8.42 Å². The third-order valence-electron chi connectivity index (χ3n) is 5.72. The Labute approximate surface area is 179 Å². The van der Waals surface area contributed by atoms with Crippen molar-refractivity contribution >= 4 is 21.6 Å². The molecule has 1 N–H and O–H groups in total. The lowest BCUT2D eigenvalue weighted by molar-refractivity contribution is -0.125. The van der Waals surface area contributed by atoms with E-state index in [1.165, 1.54) is 32.0 Å². The van der Waals surface area contributed by atoms with Crippen molar-refractivity contribution in [2.24, 2.45) is 0 Å². The highest BCUT2D eigenvalue weighted by molar-refractivity contribution is 7.88. The topological polar surface area (TPSA) is 69.7 Å². The van der Waals surface area contributed by atoms with Crippen molar-refractivity contribution in [3.05, 3.63) is 65.7 Å². The van der Waals surface area contributed by atoms with Crippen molar-refractivity contribution in [1.29, 1.82) is 0 Å². The molecule has 0 bridgehead atoms. The Kier molecular flexibility index (Phi) is 7.15. The third kappa shape index (κ3) is 5.40. The Morgan fingerprint density at radius 2 is 1.57 bits per heavy atom. The van der Waals surface area contributed by atoms with Gasteiger partial charge in [0.05, 0.1) is 12.3 Å². The summed E-state index contributed by atoms with van der Waals surface area (Å²) in [5.74, 6) is -0.346. The first kappa shape index (κ1) is 22.3. The van der Waals surface area contributed by atoms with Gasteiger partial charge in [-0.3, -0.25) is 4.79 Å². The molecule has 6 nitrogen and oxygen atoms in total. The van der Waals surface area contributed by atoms with Gasteiger partial charge in [0.25, 0.3) is 0 Å². The quantitative estimate of drug-likeness (QED) is 0.732. The average Bonchev–Trinajstić information content (AvgIpc) is 2.74. The number of piperidine rings is 1. The Hall–Kier alpha value is -2.38. The van der Waals surface area contributed by atoms with Gasteiger partial charge in [0.1, 0.15) is 6.04 Å². The average molecular weight is 430 g/mol. The van der Waals surface area contributed by atoms with Crippen molar-refractivity contribution in [3.63, 3.8) is 0 Å². The fourth-order valence-corrected chi connectivity index (χ4v) is 4.46. The van der Waals surface area contributed by atoms with Crippen LogP contribution in [0.1, 0.15) is 49.4 Å². The number of nitrogens with one attached hydrogen (secondary N) is 1. The number of amides is 1. The molecule has 1 fully saturated rings. The van der Waals surface area contributed by atoms with Gasteiger partial charge in [-0.05, 0) is 49.4 Å². The number of likely N-dealkylation sites (N-methyl/N-ethyl adjacent to an activating group) is 1. The molecule has 1 amide bonds. The van der Waals surface area contributed by atoms with E-state index in [0.717, 1.165) is 29.2 Å². The van der Waals surface area contributed by atoms with Crippen molar-refractivity contribution in [2.45, 2.75) is 38.3 Å². The number of anilines is 1. The molecule has 0 saturated carbocycles. The zero-order valence-corrected chi connectivity index (χ0v) is 18.7. The molecule has 0 aliphatic carbocycles. The fourth-order valence-electron chi connectivity index (χ4n) is 3.85. The van der Waals surface area contributed by atoms with Gasteiger partial charge >= 0.3 is 0 Å². The summed E-state index contributed by atoms with van der Waals surface area (Å²) >= 11 is 0. The largest absolute Gasteiger partial charge is 0.372 e. The lowest BCUT2D eigenvalue weighted by Gasteiger charge is -2.29. The van der Waals surface area contributed by atoms with E-state index in [0.29, 0.717) is 5.56 Å². The number of carbonyl (C=O) groups is 1. The molecule has 1 aliphatic rings. The second-order valence-corrected chi connectivity index (χ2v) is 10.0. The maximum absolute atomic E-state index is 13.1. The van der Waals surface area contributed by atoms with Crippen LogP contribution in [0.2, 0.25) is 0 Å². The molecule has 0 aromatic heterocycles.